The van der Waals surface area contributed by atoms with E-state index < -0.39 is 0 Å². The van der Waals surface area contributed by atoms with Crippen molar-refractivity contribution < 1.29 is 4.74 Å². The molecule has 2 saturated carbocycles. The van der Waals surface area contributed by atoms with Crippen molar-refractivity contribution in [3.8, 4) is 0 Å². The van der Waals surface area contributed by atoms with Crippen LogP contribution in [0.4, 0.5) is 0 Å². The molecule has 0 amide bonds. The van der Waals surface area contributed by atoms with Crippen LogP contribution in [0.25, 0.3) is 0 Å². The quantitative estimate of drug-likeness (QED) is 0.827. The first kappa shape index (κ1) is 12.9. The maximum absolute atomic E-state index is 6.07. The summed E-state index contributed by atoms with van der Waals surface area (Å²) in [6.45, 7) is 6.79. The van der Waals surface area contributed by atoms with E-state index in [-0.39, 0.29) is 0 Å². The average molecular weight is 251 g/mol. The largest absolute Gasteiger partial charge is 0.375 e. The number of nitrogens with one attached hydrogen (secondary N) is 1. The van der Waals surface area contributed by atoms with Gasteiger partial charge in [-0.05, 0) is 69.2 Å². The molecule has 0 bridgehead atoms. The second-order valence-corrected chi connectivity index (χ2v) is 7.20. The van der Waals surface area contributed by atoms with E-state index in [0.29, 0.717) is 11.6 Å². The van der Waals surface area contributed by atoms with Gasteiger partial charge in [0, 0.05) is 12.6 Å². The predicted octanol–water partition coefficient (Wildman–Crippen LogP) is 3.36. The van der Waals surface area contributed by atoms with Gasteiger partial charge in [0.05, 0.1) is 5.60 Å². The highest BCUT2D eigenvalue weighted by atomic mass is 16.5. The van der Waals surface area contributed by atoms with Gasteiger partial charge in [0.1, 0.15) is 0 Å². The fourth-order valence-corrected chi connectivity index (χ4v) is 4.21. The van der Waals surface area contributed by atoms with Gasteiger partial charge in [-0.1, -0.05) is 13.8 Å². The van der Waals surface area contributed by atoms with E-state index in [1.807, 2.05) is 0 Å². The molecular weight excluding hydrogens is 222 g/mol. The van der Waals surface area contributed by atoms with E-state index in [0.717, 1.165) is 24.4 Å². The lowest BCUT2D eigenvalue weighted by molar-refractivity contribution is -0.158. The minimum absolute atomic E-state index is 0.342. The minimum atomic E-state index is 0.342. The molecule has 1 N–H and O–H groups in total. The normalized spacial score (nSPS) is 38.5. The minimum Gasteiger partial charge on any atom is -0.375 e. The third-order valence-electron chi connectivity index (χ3n) is 5.67. The lowest BCUT2D eigenvalue weighted by Gasteiger charge is -2.52. The first-order valence-corrected chi connectivity index (χ1v) is 8.06. The van der Waals surface area contributed by atoms with Crippen LogP contribution in [0.3, 0.4) is 0 Å². The van der Waals surface area contributed by atoms with Gasteiger partial charge in [-0.25, -0.2) is 0 Å². The van der Waals surface area contributed by atoms with Crippen molar-refractivity contribution in [2.45, 2.75) is 70.4 Å². The van der Waals surface area contributed by atoms with Gasteiger partial charge in [0.15, 0.2) is 0 Å². The van der Waals surface area contributed by atoms with Crippen LogP contribution in [0.2, 0.25) is 0 Å². The Morgan fingerprint density at radius 1 is 1.22 bits per heavy atom. The van der Waals surface area contributed by atoms with E-state index in [9.17, 15) is 0 Å². The summed E-state index contributed by atoms with van der Waals surface area (Å²) < 4.78 is 6.07. The maximum atomic E-state index is 6.07. The van der Waals surface area contributed by atoms with Crippen molar-refractivity contribution in [1.29, 1.82) is 0 Å². The topological polar surface area (TPSA) is 21.3 Å². The fourth-order valence-electron chi connectivity index (χ4n) is 4.21. The zero-order valence-corrected chi connectivity index (χ0v) is 12.1. The molecule has 2 aliphatic carbocycles. The molecule has 0 aromatic rings. The standard InChI is InChI=1S/C16H29NO/c1-12(2)17-11-14-4-5-15(14)13-6-9-18-16(10-13)7-3-8-16/h12-15,17H,3-11H2,1-2H3. The van der Waals surface area contributed by atoms with Crippen molar-refractivity contribution in [3.63, 3.8) is 0 Å². The summed E-state index contributed by atoms with van der Waals surface area (Å²) in [5.41, 5.74) is 0.342. The number of hydrogen-bond acceptors (Lipinski definition) is 2. The summed E-state index contributed by atoms with van der Waals surface area (Å²) in [7, 11) is 0. The van der Waals surface area contributed by atoms with Gasteiger partial charge < -0.3 is 10.1 Å². The summed E-state index contributed by atoms with van der Waals surface area (Å²) in [4.78, 5) is 0. The van der Waals surface area contributed by atoms with Gasteiger partial charge >= 0.3 is 0 Å². The van der Waals surface area contributed by atoms with Crippen LogP contribution in [-0.4, -0.2) is 24.8 Å². The van der Waals surface area contributed by atoms with Gasteiger partial charge in [-0.3, -0.25) is 0 Å². The molecule has 2 heteroatoms. The third-order valence-corrected chi connectivity index (χ3v) is 5.67. The maximum Gasteiger partial charge on any atom is 0.0685 e. The number of hydrogen-bond donors (Lipinski definition) is 1. The van der Waals surface area contributed by atoms with E-state index in [4.69, 9.17) is 4.74 Å². The molecule has 1 heterocycles. The van der Waals surface area contributed by atoms with Crippen LogP contribution < -0.4 is 5.32 Å². The van der Waals surface area contributed by atoms with Crippen LogP contribution >= 0.6 is 0 Å². The monoisotopic (exact) mass is 251 g/mol. The Hall–Kier alpha value is -0.0800. The Kier molecular flexibility index (Phi) is 3.68. The second kappa shape index (κ2) is 5.13. The van der Waals surface area contributed by atoms with Crippen molar-refractivity contribution in [2.24, 2.45) is 17.8 Å². The molecule has 1 saturated heterocycles. The van der Waals surface area contributed by atoms with Crippen molar-refractivity contribution in [1.82, 2.24) is 5.32 Å². The summed E-state index contributed by atoms with van der Waals surface area (Å²) in [6.07, 6.45) is 9.70. The summed E-state index contributed by atoms with van der Waals surface area (Å²) in [5.74, 6) is 2.91. The predicted molar refractivity (Wildman–Crippen MR) is 74.6 cm³/mol. The summed E-state index contributed by atoms with van der Waals surface area (Å²) in [5, 5.41) is 3.63. The molecule has 104 valence electrons. The zero-order valence-electron chi connectivity index (χ0n) is 12.1. The lowest BCUT2D eigenvalue weighted by atomic mass is 9.60. The van der Waals surface area contributed by atoms with Crippen molar-refractivity contribution in [2.75, 3.05) is 13.2 Å². The first-order valence-electron chi connectivity index (χ1n) is 8.06. The molecular formula is C16H29NO. The van der Waals surface area contributed by atoms with Gasteiger partial charge in [0.2, 0.25) is 0 Å². The Morgan fingerprint density at radius 3 is 2.61 bits per heavy atom. The number of rotatable bonds is 4. The SMILES string of the molecule is CC(C)NCC1CCC1C1CCOC2(CCC2)C1. The molecule has 1 spiro atoms. The molecule has 1 aliphatic heterocycles. The van der Waals surface area contributed by atoms with Crippen LogP contribution in [0.1, 0.15) is 58.8 Å². The van der Waals surface area contributed by atoms with E-state index in [1.165, 1.54) is 51.5 Å². The molecule has 3 rings (SSSR count). The van der Waals surface area contributed by atoms with Crippen LogP contribution in [0.15, 0.2) is 0 Å². The highest BCUT2D eigenvalue weighted by Crippen LogP contribution is 2.51. The van der Waals surface area contributed by atoms with E-state index >= 15 is 0 Å². The average Bonchev–Trinajstić information content (AvgIpc) is 2.25. The Morgan fingerprint density at radius 2 is 2.06 bits per heavy atom. The van der Waals surface area contributed by atoms with Crippen molar-refractivity contribution >= 4 is 0 Å². The lowest BCUT2D eigenvalue weighted by Crippen LogP contribution is -2.50. The van der Waals surface area contributed by atoms with E-state index in [2.05, 4.69) is 19.2 Å². The Bertz CT molecular complexity index is 285. The van der Waals surface area contributed by atoms with Gasteiger partial charge in [0.25, 0.3) is 0 Å². The molecule has 2 nitrogen and oxygen atoms in total. The molecule has 3 fully saturated rings. The fraction of sp³-hybridized carbons (Fsp3) is 1.00. The van der Waals surface area contributed by atoms with Crippen LogP contribution in [-0.2, 0) is 4.74 Å². The molecule has 18 heavy (non-hydrogen) atoms. The Balaban J connectivity index is 1.51. The van der Waals surface area contributed by atoms with Gasteiger partial charge in [-0.15, -0.1) is 0 Å². The van der Waals surface area contributed by atoms with Crippen LogP contribution in [0.5, 0.6) is 0 Å². The first-order chi connectivity index (χ1) is 8.69. The third kappa shape index (κ3) is 2.46. The van der Waals surface area contributed by atoms with E-state index in [1.54, 1.807) is 0 Å². The molecule has 0 aromatic carbocycles. The molecule has 0 aromatic heterocycles. The molecule has 3 unspecified atom stereocenters. The smallest absolute Gasteiger partial charge is 0.0685 e. The number of ether oxygens (including phenoxy) is 1. The molecule has 3 atom stereocenters. The van der Waals surface area contributed by atoms with Crippen LogP contribution in [0, 0.1) is 17.8 Å². The molecule has 0 radical (unpaired) electrons. The summed E-state index contributed by atoms with van der Waals surface area (Å²) >= 11 is 0. The molecule has 3 aliphatic rings. The zero-order chi connectivity index (χ0) is 12.6. The van der Waals surface area contributed by atoms with Crippen molar-refractivity contribution in [3.05, 3.63) is 0 Å². The highest BCUT2D eigenvalue weighted by molar-refractivity contribution is 4.98. The summed E-state index contributed by atoms with van der Waals surface area (Å²) in [6, 6.07) is 0.638. The van der Waals surface area contributed by atoms with Gasteiger partial charge in [-0.2, -0.15) is 0 Å². The highest BCUT2D eigenvalue weighted by Gasteiger charge is 2.47. The second-order valence-electron chi connectivity index (χ2n) is 7.20. The Labute approximate surface area is 112 Å².